The van der Waals surface area contributed by atoms with Gasteiger partial charge < -0.3 is 20.9 Å². The molecule has 0 aromatic heterocycles. The maximum atomic E-state index is 12.9. The summed E-state index contributed by atoms with van der Waals surface area (Å²) in [6.07, 6.45) is 3.95. The number of nitrogens with two attached hydrogens (primary N) is 1. The van der Waals surface area contributed by atoms with Crippen molar-refractivity contribution in [1.82, 2.24) is 9.80 Å². The maximum Gasteiger partial charge on any atom is 0.321 e. The van der Waals surface area contributed by atoms with E-state index in [-0.39, 0.29) is 17.9 Å². The smallest absolute Gasteiger partial charge is 0.321 e. The SMILES string of the molecule is Cc1cccc(NC(=O)N2CCN(C(=O)C3CCCCC3(C)N)CC2)c1. The number of urea groups is 1. The molecule has 1 saturated heterocycles. The molecule has 0 radical (unpaired) electrons. The number of aryl methyl sites for hydroxylation is 1. The summed E-state index contributed by atoms with van der Waals surface area (Å²) >= 11 is 0. The highest BCUT2D eigenvalue weighted by atomic mass is 16.2. The molecule has 2 aliphatic rings. The van der Waals surface area contributed by atoms with Crippen LogP contribution < -0.4 is 11.1 Å². The predicted octanol–water partition coefficient (Wildman–Crippen LogP) is 2.58. The number of carbonyl (C=O) groups is 2. The second kappa shape index (κ2) is 7.66. The number of rotatable bonds is 2. The summed E-state index contributed by atoms with van der Waals surface area (Å²) in [4.78, 5) is 29.0. The van der Waals surface area contributed by atoms with Gasteiger partial charge in [0.2, 0.25) is 5.91 Å². The van der Waals surface area contributed by atoms with Crippen LogP contribution in [0.1, 0.15) is 38.2 Å². The second-order valence-corrected chi connectivity index (χ2v) is 7.92. The van der Waals surface area contributed by atoms with Crippen LogP contribution >= 0.6 is 0 Å². The van der Waals surface area contributed by atoms with Gasteiger partial charge in [-0.1, -0.05) is 25.0 Å². The number of anilines is 1. The molecule has 2 fully saturated rings. The first-order valence-corrected chi connectivity index (χ1v) is 9.57. The van der Waals surface area contributed by atoms with Crippen LogP contribution in [0.15, 0.2) is 24.3 Å². The van der Waals surface area contributed by atoms with Crippen LogP contribution in [-0.2, 0) is 4.79 Å². The van der Waals surface area contributed by atoms with Crippen LogP contribution in [0.3, 0.4) is 0 Å². The molecule has 2 unspecified atom stereocenters. The molecule has 3 rings (SSSR count). The summed E-state index contributed by atoms with van der Waals surface area (Å²) in [5, 5.41) is 2.94. The van der Waals surface area contributed by atoms with Crippen molar-refractivity contribution in [3.63, 3.8) is 0 Å². The van der Waals surface area contributed by atoms with Crippen molar-refractivity contribution in [1.29, 1.82) is 0 Å². The number of nitrogens with zero attached hydrogens (tertiary/aromatic N) is 2. The fourth-order valence-electron chi connectivity index (χ4n) is 4.04. The Kier molecular flexibility index (Phi) is 5.51. The lowest BCUT2D eigenvalue weighted by atomic mass is 9.74. The molecule has 1 heterocycles. The molecular formula is C20H30N4O2. The average Bonchev–Trinajstić information content (AvgIpc) is 2.61. The first kappa shape index (κ1) is 18.7. The Morgan fingerprint density at radius 2 is 1.85 bits per heavy atom. The lowest BCUT2D eigenvalue weighted by Crippen LogP contribution is -2.58. The minimum Gasteiger partial charge on any atom is -0.339 e. The van der Waals surface area contributed by atoms with Gasteiger partial charge in [-0.25, -0.2) is 4.79 Å². The molecule has 1 aliphatic heterocycles. The lowest BCUT2D eigenvalue weighted by Gasteiger charge is -2.42. The molecule has 0 spiro atoms. The van der Waals surface area contributed by atoms with Gasteiger partial charge in [0.1, 0.15) is 0 Å². The molecule has 26 heavy (non-hydrogen) atoms. The third kappa shape index (κ3) is 4.18. The van der Waals surface area contributed by atoms with Crippen molar-refractivity contribution in [3.8, 4) is 0 Å². The highest BCUT2D eigenvalue weighted by molar-refractivity contribution is 5.89. The molecule has 1 aliphatic carbocycles. The average molecular weight is 358 g/mol. The van der Waals surface area contributed by atoms with Crippen molar-refractivity contribution in [2.24, 2.45) is 11.7 Å². The monoisotopic (exact) mass is 358 g/mol. The van der Waals surface area contributed by atoms with Gasteiger partial charge in [0.25, 0.3) is 0 Å². The number of hydrogen-bond donors (Lipinski definition) is 2. The second-order valence-electron chi connectivity index (χ2n) is 7.92. The van der Waals surface area contributed by atoms with Crippen LogP contribution in [0.25, 0.3) is 0 Å². The molecule has 6 nitrogen and oxygen atoms in total. The zero-order valence-electron chi connectivity index (χ0n) is 15.8. The molecule has 1 aromatic rings. The Bertz CT molecular complexity index is 666. The Labute approximate surface area is 155 Å². The van der Waals surface area contributed by atoms with E-state index in [1.165, 1.54) is 0 Å². The van der Waals surface area contributed by atoms with E-state index in [0.29, 0.717) is 26.2 Å². The molecular weight excluding hydrogens is 328 g/mol. The van der Waals surface area contributed by atoms with Crippen LogP contribution in [-0.4, -0.2) is 53.5 Å². The van der Waals surface area contributed by atoms with Gasteiger partial charge in [0.15, 0.2) is 0 Å². The molecule has 142 valence electrons. The number of nitrogens with one attached hydrogen (secondary N) is 1. The Hall–Kier alpha value is -2.08. The van der Waals surface area contributed by atoms with Crippen molar-refractivity contribution < 1.29 is 9.59 Å². The molecule has 0 bridgehead atoms. The molecule has 1 saturated carbocycles. The number of benzene rings is 1. The molecule has 2 atom stereocenters. The zero-order valence-corrected chi connectivity index (χ0v) is 15.8. The minimum absolute atomic E-state index is 0.0936. The van der Waals surface area contributed by atoms with Crippen molar-refractivity contribution >= 4 is 17.6 Å². The van der Waals surface area contributed by atoms with Crippen LogP contribution in [0.4, 0.5) is 10.5 Å². The molecule has 1 aromatic carbocycles. The quantitative estimate of drug-likeness (QED) is 0.853. The van der Waals surface area contributed by atoms with Crippen molar-refractivity contribution in [2.45, 2.75) is 45.1 Å². The number of carbonyl (C=O) groups excluding carboxylic acids is 2. The highest BCUT2D eigenvalue weighted by Crippen LogP contribution is 2.33. The molecule has 3 N–H and O–H groups in total. The van der Waals surface area contributed by atoms with E-state index >= 15 is 0 Å². The van der Waals surface area contributed by atoms with E-state index in [2.05, 4.69) is 5.32 Å². The largest absolute Gasteiger partial charge is 0.339 e. The fraction of sp³-hybridized carbons (Fsp3) is 0.600. The van der Waals surface area contributed by atoms with Crippen LogP contribution in [0, 0.1) is 12.8 Å². The Balaban J connectivity index is 1.53. The number of hydrogen-bond acceptors (Lipinski definition) is 3. The van der Waals surface area contributed by atoms with E-state index in [4.69, 9.17) is 5.73 Å². The van der Waals surface area contributed by atoms with Gasteiger partial charge in [0.05, 0.1) is 5.92 Å². The van der Waals surface area contributed by atoms with Crippen molar-refractivity contribution in [2.75, 3.05) is 31.5 Å². The van der Waals surface area contributed by atoms with E-state index < -0.39 is 5.54 Å². The zero-order chi connectivity index (χ0) is 18.7. The first-order valence-electron chi connectivity index (χ1n) is 9.57. The normalized spacial score (nSPS) is 26.5. The summed E-state index contributed by atoms with van der Waals surface area (Å²) < 4.78 is 0. The third-order valence-corrected chi connectivity index (χ3v) is 5.70. The summed E-state index contributed by atoms with van der Waals surface area (Å²) in [6.45, 7) is 6.25. The van der Waals surface area contributed by atoms with Crippen LogP contribution in [0.2, 0.25) is 0 Å². The molecule has 3 amide bonds. The summed E-state index contributed by atoms with van der Waals surface area (Å²) in [5.74, 6) is 0.0670. The minimum atomic E-state index is -0.408. The van der Waals surface area contributed by atoms with Gasteiger partial charge >= 0.3 is 6.03 Å². The van der Waals surface area contributed by atoms with E-state index in [1.807, 2.05) is 43.0 Å². The summed E-state index contributed by atoms with van der Waals surface area (Å²) in [7, 11) is 0. The van der Waals surface area contributed by atoms with Gasteiger partial charge in [-0.3, -0.25) is 4.79 Å². The fourth-order valence-corrected chi connectivity index (χ4v) is 4.04. The summed E-state index contributed by atoms with van der Waals surface area (Å²) in [6, 6.07) is 7.65. The predicted molar refractivity (Wildman–Crippen MR) is 103 cm³/mol. The van der Waals surface area contributed by atoms with Gasteiger partial charge in [-0.05, 0) is 44.4 Å². The molecule has 6 heteroatoms. The maximum absolute atomic E-state index is 12.9. The highest BCUT2D eigenvalue weighted by Gasteiger charge is 2.40. The third-order valence-electron chi connectivity index (χ3n) is 5.70. The number of piperazine rings is 1. The Morgan fingerprint density at radius 1 is 1.15 bits per heavy atom. The van der Waals surface area contributed by atoms with E-state index in [9.17, 15) is 9.59 Å². The van der Waals surface area contributed by atoms with Gasteiger partial charge in [-0.15, -0.1) is 0 Å². The topological polar surface area (TPSA) is 78.7 Å². The van der Waals surface area contributed by atoms with Gasteiger partial charge in [0, 0.05) is 37.4 Å². The first-order chi connectivity index (χ1) is 12.4. The van der Waals surface area contributed by atoms with Crippen LogP contribution in [0.5, 0.6) is 0 Å². The standard InChI is InChI=1S/C20H30N4O2/c1-15-6-5-7-16(14-15)22-19(26)24-12-10-23(11-13-24)18(25)17-8-3-4-9-20(17,2)21/h5-7,14,17H,3-4,8-13,21H2,1-2H3,(H,22,26). The Morgan fingerprint density at radius 3 is 2.50 bits per heavy atom. The van der Waals surface area contributed by atoms with E-state index in [0.717, 1.165) is 36.9 Å². The van der Waals surface area contributed by atoms with Crippen molar-refractivity contribution in [3.05, 3.63) is 29.8 Å². The van der Waals surface area contributed by atoms with E-state index in [1.54, 1.807) is 4.90 Å². The summed E-state index contributed by atoms with van der Waals surface area (Å²) in [5.41, 5.74) is 7.88. The number of amides is 3. The lowest BCUT2D eigenvalue weighted by molar-refractivity contribution is -0.140. The van der Waals surface area contributed by atoms with Gasteiger partial charge in [-0.2, -0.15) is 0 Å².